The molecule has 0 spiro atoms. The Balaban J connectivity index is 0.00000162. The summed E-state index contributed by atoms with van der Waals surface area (Å²) in [6.45, 7) is 3.38. The largest absolute Gasteiger partial charge is 1.00 e. The van der Waals surface area contributed by atoms with Gasteiger partial charge in [0.15, 0.2) is 0 Å². The molecule has 0 aliphatic carbocycles. The van der Waals surface area contributed by atoms with Crippen LogP contribution >= 0.6 is 0 Å². The second-order valence-electron chi connectivity index (χ2n) is 5.07. The number of hydrogen-bond acceptors (Lipinski definition) is 5. The van der Waals surface area contributed by atoms with Crippen LogP contribution in [0.25, 0.3) is 0 Å². The Morgan fingerprint density at radius 3 is 2.50 bits per heavy atom. The summed E-state index contributed by atoms with van der Waals surface area (Å²) in [5, 5.41) is 0. The zero-order chi connectivity index (χ0) is 12.3. The average Bonchev–Trinajstić information content (AvgIpc) is 2.28. The van der Waals surface area contributed by atoms with Gasteiger partial charge in [-0.05, 0) is 38.1 Å². The van der Waals surface area contributed by atoms with Gasteiger partial charge in [0, 0.05) is 31.6 Å². The van der Waals surface area contributed by atoms with Crippen molar-refractivity contribution < 1.29 is 47.3 Å². The van der Waals surface area contributed by atoms with E-state index in [2.05, 4.69) is 4.90 Å². The summed E-state index contributed by atoms with van der Waals surface area (Å²) in [5.74, 6) is -0.179. The summed E-state index contributed by atoms with van der Waals surface area (Å²) < 4.78 is 37.7. The molecule has 2 heterocycles. The zero-order valence-corrected chi connectivity index (χ0v) is 13.8. The van der Waals surface area contributed by atoms with Crippen LogP contribution in [0.3, 0.4) is 0 Å². The molecule has 1 atom stereocenters. The van der Waals surface area contributed by atoms with Gasteiger partial charge in [-0.25, -0.2) is 8.42 Å². The van der Waals surface area contributed by atoms with Crippen molar-refractivity contribution in [2.45, 2.75) is 31.7 Å². The van der Waals surface area contributed by atoms with Crippen LogP contribution in [0.5, 0.6) is 0 Å². The Bertz CT molecular complexity index is 343. The minimum Gasteiger partial charge on any atom is -0.748 e. The second-order valence-corrected chi connectivity index (χ2v) is 6.52. The molecule has 2 aliphatic heterocycles. The van der Waals surface area contributed by atoms with E-state index in [0.29, 0.717) is 6.04 Å². The fourth-order valence-corrected chi connectivity index (χ4v) is 3.75. The topological polar surface area (TPSA) is 69.7 Å². The molecule has 0 amide bonds. The monoisotopic (exact) mass is 285 g/mol. The van der Waals surface area contributed by atoms with E-state index in [4.69, 9.17) is 4.74 Å². The van der Waals surface area contributed by atoms with Gasteiger partial charge in [-0.2, -0.15) is 0 Å². The molecule has 0 aromatic carbocycles. The van der Waals surface area contributed by atoms with Crippen LogP contribution in [0.1, 0.15) is 25.7 Å². The van der Waals surface area contributed by atoms with Gasteiger partial charge < -0.3 is 9.29 Å². The van der Waals surface area contributed by atoms with Crippen molar-refractivity contribution in [3.05, 3.63) is 0 Å². The quantitative estimate of drug-likeness (QED) is 0.421. The first-order valence-corrected chi connectivity index (χ1v) is 7.88. The molecule has 5 nitrogen and oxygen atoms in total. The van der Waals surface area contributed by atoms with Gasteiger partial charge in [-0.15, -0.1) is 0 Å². The summed E-state index contributed by atoms with van der Waals surface area (Å²) in [6, 6.07) is 0.515. The van der Waals surface area contributed by atoms with E-state index in [1.165, 1.54) is 0 Å². The molecule has 18 heavy (non-hydrogen) atoms. The van der Waals surface area contributed by atoms with Gasteiger partial charge in [0.1, 0.15) is 0 Å². The molecule has 1 unspecified atom stereocenters. The molecule has 2 saturated heterocycles. The minimum atomic E-state index is -4.08. The fourth-order valence-electron chi connectivity index (χ4n) is 2.90. The maximum atomic E-state index is 10.8. The van der Waals surface area contributed by atoms with Crippen molar-refractivity contribution in [2.75, 3.05) is 32.1 Å². The van der Waals surface area contributed by atoms with E-state index in [1.807, 2.05) is 0 Å². The normalized spacial score (nSPS) is 27.7. The standard InChI is InChI=1S/C11H21NO4S.Na/c13-17(14,15)9-10-2-1-5-12(8-10)11-3-6-16-7-4-11;/h10-11H,1-9H2,(H,13,14,15);/q;+1/p-1. The second kappa shape index (κ2) is 7.57. The summed E-state index contributed by atoms with van der Waals surface area (Å²) in [5.41, 5.74) is 0. The molecule has 0 N–H and O–H groups in total. The van der Waals surface area contributed by atoms with Crippen molar-refractivity contribution in [1.82, 2.24) is 4.90 Å². The molecule has 2 fully saturated rings. The van der Waals surface area contributed by atoms with Crippen LogP contribution in [0.4, 0.5) is 0 Å². The van der Waals surface area contributed by atoms with Crippen molar-refractivity contribution >= 4 is 10.1 Å². The first-order chi connectivity index (χ1) is 8.04. The first-order valence-electron chi connectivity index (χ1n) is 6.30. The molecule has 2 aliphatic rings. The van der Waals surface area contributed by atoms with Crippen LogP contribution in [0, 0.1) is 5.92 Å². The number of piperidine rings is 1. The molecular formula is C11H20NNaO4S. The van der Waals surface area contributed by atoms with Crippen molar-refractivity contribution in [3.8, 4) is 0 Å². The molecule has 0 aromatic rings. The van der Waals surface area contributed by atoms with Gasteiger partial charge >= 0.3 is 29.6 Å². The molecule has 7 heteroatoms. The summed E-state index contributed by atoms with van der Waals surface area (Å²) in [6.07, 6.45) is 3.91. The maximum absolute atomic E-state index is 10.8. The third-order valence-electron chi connectivity index (χ3n) is 3.70. The Morgan fingerprint density at radius 2 is 1.89 bits per heavy atom. The Hall–Kier alpha value is 0.830. The van der Waals surface area contributed by atoms with Gasteiger partial charge in [0.25, 0.3) is 0 Å². The third kappa shape index (κ3) is 5.45. The summed E-state index contributed by atoms with van der Waals surface area (Å²) in [7, 11) is -4.08. The van der Waals surface area contributed by atoms with Gasteiger partial charge in [0.2, 0.25) is 0 Å². The Kier molecular flexibility index (Phi) is 7.10. The van der Waals surface area contributed by atoms with Gasteiger partial charge in [-0.1, -0.05) is 0 Å². The van der Waals surface area contributed by atoms with Crippen LogP contribution in [-0.4, -0.2) is 56.0 Å². The maximum Gasteiger partial charge on any atom is 1.00 e. The molecule has 0 radical (unpaired) electrons. The molecule has 100 valence electrons. The van der Waals surface area contributed by atoms with Crippen molar-refractivity contribution in [2.24, 2.45) is 5.92 Å². The third-order valence-corrected chi connectivity index (χ3v) is 4.58. The molecule has 2 rings (SSSR count). The van der Waals surface area contributed by atoms with Gasteiger partial charge in [0.05, 0.1) is 10.1 Å². The smallest absolute Gasteiger partial charge is 0.748 e. The van der Waals surface area contributed by atoms with E-state index in [9.17, 15) is 13.0 Å². The summed E-state index contributed by atoms with van der Waals surface area (Å²) >= 11 is 0. The van der Waals surface area contributed by atoms with E-state index >= 15 is 0 Å². The van der Waals surface area contributed by atoms with Gasteiger partial charge in [-0.3, -0.25) is 4.90 Å². The van der Waals surface area contributed by atoms with Crippen LogP contribution in [0.15, 0.2) is 0 Å². The minimum absolute atomic E-state index is 0. The number of ether oxygens (including phenoxy) is 1. The van der Waals surface area contributed by atoms with Crippen LogP contribution in [0.2, 0.25) is 0 Å². The summed E-state index contributed by atoms with van der Waals surface area (Å²) in [4.78, 5) is 2.35. The molecule has 0 saturated carbocycles. The van der Waals surface area contributed by atoms with E-state index in [0.717, 1.165) is 52.0 Å². The predicted octanol–water partition coefficient (Wildman–Crippen LogP) is -2.57. The number of rotatable bonds is 3. The Morgan fingerprint density at radius 1 is 1.22 bits per heavy atom. The van der Waals surface area contributed by atoms with Crippen LogP contribution < -0.4 is 29.6 Å². The molecule has 0 aromatic heterocycles. The molecular weight excluding hydrogens is 265 g/mol. The average molecular weight is 285 g/mol. The van der Waals surface area contributed by atoms with Crippen molar-refractivity contribution in [3.63, 3.8) is 0 Å². The zero-order valence-electron chi connectivity index (χ0n) is 11.0. The number of likely N-dealkylation sites (tertiary alicyclic amines) is 1. The number of nitrogens with zero attached hydrogens (tertiary/aromatic N) is 1. The first kappa shape index (κ1) is 16.9. The molecule has 0 bridgehead atoms. The van der Waals surface area contributed by atoms with E-state index < -0.39 is 10.1 Å². The number of hydrogen-bond donors (Lipinski definition) is 0. The van der Waals surface area contributed by atoms with E-state index in [1.54, 1.807) is 0 Å². The van der Waals surface area contributed by atoms with Crippen LogP contribution in [-0.2, 0) is 14.9 Å². The predicted molar refractivity (Wildman–Crippen MR) is 62.7 cm³/mol. The Labute approximate surface area is 131 Å². The van der Waals surface area contributed by atoms with E-state index in [-0.39, 0.29) is 41.2 Å². The fraction of sp³-hybridized carbons (Fsp3) is 1.00. The SMILES string of the molecule is O=S(=O)([O-])CC1CCCN(C2CCOCC2)C1.[Na+]. The van der Waals surface area contributed by atoms with Crippen molar-refractivity contribution in [1.29, 1.82) is 0 Å².